The van der Waals surface area contributed by atoms with Crippen molar-refractivity contribution in [3.05, 3.63) is 65.6 Å². The van der Waals surface area contributed by atoms with Crippen molar-refractivity contribution in [2.45, 2.75) is 19.5 Å². The first kappa shape index (κ1) is 13.6. The molecule has 1 unspecified atom stereocenters. The van der Waals surface area contributed by atoms with Crippen molar-refractivity contribution in [1.29, 1.82) is 0 Å². The Morgan fingerprint density at radius 1 is 1.10 bits per heavy atom. The predicted molar refractivity (Wildman–Crippen MR) is 74.6 cm³/mol. The number of benzene rings is 1. The monoisotopic (exact) mass is 288 g/mol. The molecule has 0 aliphatic carbocycles. The standard InChI is InChI=1S/C15H14F2N4/c1-10(15-20-19-14-7-2-3-8-21(14)15)18-9-11-12(16)5-4-6-13(11)17/h2-8,10,18H,9H2,1H3. The number of rotatable bonds is 4. The Labute approximate surface area is 120 Å². The van der Waals surface area contributed by atoms with Crippen LogP contribution in [0.15, 0.2) is 42.6 Å². The molecule has 1 aromatic carbocycles. The molecule has 2 aromatic heterocycles. The molecule has 0 fully saturated rings. The third-order valence-electron chi connectivity index (χ3n) is 3.37. The van der Waals surface area contributed by atoms with Gasteiger partial charge in [-0.2, -0.15) is 0 Å². The Kier molecular flexibility index (Phi) is 3.62. The van der Waals surface area contributed by atoms with Crippen molar-refractivity contribution in [2.24, 2.45) is 0 Å². The van der Waals surface area contributed by atoms with Crippen LogP contribution < -0.4 is 5.32 Å². The Morgan fingerprint density at radius 2 is 1.86 bits per heavy atom. The van der Waals surface area contributed by atoms with Gasteiger partial charge in [0.25, 0.3) is 0 Å². The molecular weight excluding hydrogens is 274 g/mol. The first-order chi connectivity index (χ1) is 10.2. The molecular formula is C15H14F2N4. The van der Waals surface area contributed by atoms with E-state index in [1.807, 2.05) is 35.7 Å². The van der Waals surface area contributed by atoms with E-state index >= 15 is 0 Å². The van der Waals surface area contributed by atoms with Crippen molar-refractivity contribution < 1.29 is 8.78 Å². The summed E-state index contributed by atoms with van der Waals surface area (Å²) in [6.45, 7) is 1.96. The third kappa shape index (κ3) is 2.62. The summed E-state index contributed by atoms with van der Waals surface area (Å²) in [5.41, 5.74) is 0.761. The largest absolute Gasteiger partial charge is 0.303 e. The lowest BCUT2D eigenvalue weighted by atomic mass is 10.2. The van der Waals surface area contributed by atoms with E-state index in [4.69, 9.17) is 0 Å². The third-order valence-corrected chi connectivity index (χ3v) is 3.37. The zero-order valence-electron chi connectivity index (χ0n) is 11.4. The van der Waals surface area contributed by atoms with Gasteiger partial charge < -0.3 is 5.32 Å². The molecule has 3 rings (SSSR count). The number of aromatic nitrogens is 3. The number of hydrogen-bond acceptors (Lipinski definition) is 3. The summed E-state index contributed by atoms with van der Waals surface area (Å²) in [6, 6.07) is 9.25. The Morgan fingerprint density at radius 3 is 2.62 bits per heavy atom. The molecule has 6 heteroatoms. The summed E-state index contributed by atoms with van der Waals surface area (Å²) in [4.78, 5) is 0. The molecule has 0 bridgehead atoms. The zero-order valence-corrected chi connectivity index (χ0v) is 11.4. The highest BCUT2D eigenvalue weighted by atomic mass is 19.1. The minimum Gasteiger partial charge on any atom is -0.303 e. The summed E-state index contributed by atoms with van der Waals surface area (Å²) in [6.07, 6.45) is 1.85. The highest BCUT2D eigenvalue weighted by Gasteiger charge is 2.15. The first-order valence-electron chi connectivity index (χ1n) is 6.63. The van der Waals surface area contributed by atoms with Crippen LogP contribution in [-0.4, -0.2) is 14.6 Å². The molecule has 0 aliphatic rings. The summed E-state index contributed by atoms with van der Waals surface area (Å²) >= 11 is 0. The maximum atomic E-state index is 13.6. The fourth-order valence-electron chi connectivity index (χ4n) is 2.20. The van der Waals surface area contributed by atoms with Crippen LogP contribution in [0.2, 0.25) is 0 Å². The molecule has 0 saturated carbocycles. The van der Waals surface area contributed by atoms with Crippen molar-refractivity contribution in [1.82, 2.24) is 19.9 Å². The van der Waals surface area contributed by atoms with Crippen molar-refractivity contribution >= 4 is 5.65 Å². The van der Waals surface area contributed by atoms with Gasteiger partial charge in [-0.25, -0.2) is 8.78 Å². The van der Waals surface area contributed by atoms with Gasteiger partial charge in [0, 0.05) is 18.3 Å². The van der Waals surface area contributed by atoms with Crippen LogP contribution in [0.1, 0.15) is 24.4 Å². The smallest absolute Gasteiger partial charge is 0.160 e. The van der Waals surface area contributed by atoms with Gasteiger partial charge in [0.1, 0.15) is 11.6 Å². The fraction of sp³-hybridized carbons (Fsp3) is 0.200. The summed E-state index contributed by atoms with van der Waals surface area (Å²) in [7, 11) is 0. The van der Waals surface area contributed by atoms with Crippen molar-refractivity contribution in [3.63, 3.8) is 0 Å². The molecule has 108 valence electrons. The van der Waals surface area contributed by atoms with Gasteiger partial charge in [-0.1, -0.05) is 12.1 Å². The van der Waals surface area contributed by atoms with Crippen LogP contribution in [0, 0.1) is 11.6 Å². The van der Waals surface area contributed by atoms with E-state index in [0.29, 0.717) is 5.82 Å². The highest BCUT2D eigenvalue weighted by molar-refractivity contribution is 5.37. The molecule has 0 radical (unpaired) electrons. The van der Waals surface area contributed by atoms with E-state index in [-0.39, 0.29) is 18.2 Å². The molecule has 21 heavy (non-hydrogen) atoms. The molecule has 0 aliphatic heterocycles. The minimum absolute atomic E-state index is 0.0261. The minimum atomic E-state index is -0.555. The van der Waals surface area contributed by atoms with Gasteiger partial charge in [0.15, 0.2) is 11.5 Å². The number of nitrogens with zero attached hydrogens (tertiary/aromatic N) is 3. The van der Waals surface area contributed by atoms with Crippen LogP contribution in [-0.2, 0) is 6.54 Å². The van der Waals surface area contributed by atoms with E-state index in [2.05, 4.69) is 15.5 Å². The molecule has 1 N–H and O–H groups in total. The molecule has 1 atom stereocenters. The molecule has 3 aromatic rings. The zero-order chi connectivity index (χ0) is 14.8. The average Bonchev–Trinajstić information content (AvgIpc) is 2.90. The predicted octanol–water partition coefficient (Wildman–Crippen LogP) is 2.86. The van der Waals surface area contributed by atoms with Gasteiger partial charge in [-0.3, -0.25) is 4.40 Å². The van der Waals surface area contributed by atoms with E-state index in [9.17, 15) is 8.78 Å². The number of hydrogen-bond donors (Lipinski definition) is 1. The average molecular weight is 288 g/mol. The maximum Gasteiger partial charge on any atom is 0.160 e. The Hall–Kier alpha value is -2.34. The number of fused-ring (bicyclic) bond motifs is 1. The van der Waals surface area contributed by atoms with Gasteiger partial charge in [0.05, 0.1) is 6.04 Å². The fourth-order valence-corrected chi connectivity index (χ4v) is 2.20. The lowest BCUT2D eigenvalue weighted by molar-refractivity contribution is 0.496. The van der Waals surface area contributed by atoms with Crippen molar-refractivity contribution in [2.75, 3.05) is 0 Å². The molecule has 0 saturated heterocycles. The summed E-state index contributed by atoms with van der Waals surface area (Å²) in [5, 5.41) is 11.2. The van der Waals surface area contributed by atoms with Gasteiger partial charge >= 0.3 is 0 Å². The van der Waals surface area contributed by atoms with Crippen LogP contribution >= 0.6 is 0 Å². The van der Waals surface area contributed by atoms with Crippen molar-refractivity contribution in [3.8, 4) is 0 Å². The quantitative estimate of drug-likeness (QED) is 0.802. The second-order valence-corrected chi connectivity index (χ2v) is 4.79. The molecule has 0 spiro atoms. The Bertz CT molecular complexity index is 749. The van der Waals surface area contributed by atoms with E-state index in [1.54, 1.807) is 0 Å². The second kappa shape index (κ2) is 5.57. The SMILES string of the molecule is CC(NCc1c(F)cccc1F)c1nnc2ccccn12. The van der Waals surface area contributed by atoms with Crippen LogP contribution in [0.3, 0.4) is 0 Å². The van der Waals surface area contributed by atoms with E-state index in [1.165, 1.54) is 18.2 Å². The summed E-state index contributed by atoms with van der Waals surface area (Å²) in [5.74, 6) is -0.413. The maximum absolute atomic E-state index is 13.6. The van der Waals surface area contributed by atoms with Crippen LogP contribution in [0.4, 0.5) is 8.78 Å². The second-order valence-electron chi connectivity index (χ2n) is 4.79. The van der Waals surface area contributed by atoms with E-state index in [0.717, 1.165) is 5.65 Å². The number of nitrogens with one attached hydrogen (secondary N) is 1. The Balaban J connectivity index is 1.79. The molecule has 0 amide bonds. The van der Waals surface area contributed by atoms with Gasteiger partial charge in [0.2, 0.25) is 0 Å². The van der Waals surface area contributed by atoms with Gasteiger partial charge in [-0.05, 0) is 31.2 Å². The molecule has 4 nitrogen and oxygen atoms in total. The highest BCUT2D eigenvalue weighted by Crippen LogP contribution is 2.15. The normalized spacial score (nSPS) is 12.7. The lowest BCUT2D eigenvalue weighted by Gasteiger charge is -2.13. The number of halogens is 2. The first-order valence-corrected chi connectivity index (χ1v) is 6.63. The topological polar surface area (TPSA) is 42.2 Å². The van der Waals surface area contributed by atoms with Gasteiger partial charge in [-0.15, -0.1) is 10.2 Å². The van der Waals surface area contributed by atoms with Crippen LogP contribution in [0.25, 0.3) is 5.65 Å². The van der Waals surface area contributed by atoms with Crippen LogP contribution in [0.5, 0.6) is 0 Å². The lowest BCUT2D eigenvalue weighted by Crippen LogP contribution is -2.21. The number of pyridine rings is 1. The molecule has 2 heterocycles. The summed E-state index contributed by atoms with van der Waals surface area (Å²) < 4.78 is 29.0. The van der Waals surface area contributed by atoms with E-state index < -0.39 is 11.6 Å².